The molecule has 0 aliphatic carbocycles. The lowest BCUT2D eigenvalue weighted by molar-refractivity contribution is 0.0767. The molecule has 1 saturated heterocycles. The molecule has 0 saturated carbocycles. The number of hydrogen-bond acceptors (Lipinski definition) is 3. The molecule has 4 nitrogen and oxygen atoms in total. The molecule has 1 aromatic heterocycles. The highest BCUT2D eigenvalue weighted by atomic mass is 16.2. The number of piperidine rings is 1. The van der Waals surface area contributed by atoms with Crippen molar-refractivity contribution < 1.29 is 4.79 Å². The molecule has 1 atom stereocenters. The number of rotatable bonds is 5. The summed E-state index contributed by atoms with van der Waals surface area (Å²) in [5.41, 5.74) is 1.71. The first kappa shape index (κ1) is 15.8. The van der Waals surface area contributed by atoms with E-state index in [1.54, 1.807) is 6.20 Å². The molecular formula is C17H27N3O. The maximum absolute atomic E-state index is 12.4. The van der Waals surface area contributed by atoms with Crippen molar-refractivity contribution in [3.63, 3.8) is 0 Å². The van der Waals surface area contributed by atoms with Crippen LogP contribution in [0.1, 0.15) is 56.9 Å². The van der Waals surface area contributed by atoms with Crippen molar-refractivity contribution in [3.05, 3.63) is 24.0 Å². The van der Waals surface area contributed by atoms with Crippen LogP contribution in [0.5, 0.6) is 0 Å². The quantitative estimate of drug-likeness (QED) is 0.834. The third-order valence-electron chi connectivity index (χ3n) is 4.44. The smallest absolute Gasteiger partial charge is 0.272 e. The van der Waals surface area contributed by atoms with Crippen LogP contribution in [0, 0.1) is 0 Å². The van der Waals surface area contributed by atoms with Crippen LogP contribution in [0.3, 0.4) is 0 Å². The van der Waals surface area contributed by atoms with E-state index in [1.807, 2.05) is 30.9 Å². The first-order valence-corrected chi connectivity index (χ1v) is 8.23. The van der Waals surface area contributed by atoms with E-state index in [4.69, 9.17) is 0 Å². The molecule has 1 aliphatic heterocycles. The minimum Gasteiger partial charge on any atom is -0.368 e. The summed E-state index contributed by atoms with van der Waals surface area (Å²) >= 11 is 0. The highest BCUT2D eigenvalue weighted by Gasteiger charge is 2.22. The number of carbonyl (C=O) groups excluding carboxylic acids is 1. The average molecular weight is 289 g/mol. The summed E-state index contributed by atoms with van der Waals surface area (Å²) in [6.07, 6.45) is 6.72. The van der Waals surface area contributed by atoms with Crippen LogP contribution in [0.25, 0.3) is 0 Å². The van der Waals surface area contributed by atoms with Crippen LogP contribution in [0.15, 0.2) is 18.3 Å². The standard InChI is InChI=1S/C17H27N3O/c1-4-14-9-7-8-12-20(14)15-10-11-18-16(13-15)17(21)19(5-2)6-3/h10-11,13-14H,4-9,12H2,1-3H3. The van der Waals surface area contributed by atoms with Crippen LogP contribution in [0.2, 0.25) is 0 Å². The number of amides is 1. The van der Waals surface area contributed by atoms with Gasteiger partial charge in [0.2, 0.25) is 0 Å². The van der Waals surface area contributed by atoms with E-state index in [9.17, 15) is 4.79 Å². The lowest BCUT2D eigenvalue weighted by Gasteiger charge is -2.37. The largest absolute Gasteiger partial charge is 0.368 e. The molecule has 2 heterocycles. The Hall–Kier alpha value is -1.58. The van der Waals surface area contributed by atoms with Crippen LogP contribution < -0.4 is 4.90 Å². The molecule has 0 spiro atoms. The van der Waals surface area contributed by atoms with Gasteiger partial charge in [-0.15, -0.1) is 0 Å². The predicted molar refractivity (Wildman–Crippen MR) is 86.8 cm³/mol. The van der Waals surface area contributed by atoms with E-state index in [2.05, 4.69) is 16.8 Å². The van der Waals surface area contributed by atoms with E-state index < -0.39 is 0 Å². The van der Waals surface area contributed by atoms with E-state index in [0.29, 0.717) is 11.7 Å². The number of carbonyl (C=O) groups is 1. The summed E-state index contributed by atoms with van der Waals surface area (Å²) in [5, 5.41) is 0. The monoisotopic (exact) mass is 289 g/mol. The van der Waals surface area contributed by atoms with Gasteiger partial charge in [0.05, 0.1) is 0 Å². The zero-order valence-electron chi connectivity index (χ0n) is 13.5. The number of aromatic nitrogens is 1. The molecular weight excluding hydrogens is 262 g/mol. The summed E-state index contributed by atoms with van der Waals surface area (Å²) in [6, 6.07) is 4.60. The Kier molecular flexibility index (Phi) is 5.59. The molecule has 21 heavy (non-hydrogen) atoms. The Labute approximate surface area is 128 Å². The Morgan fingerprint density at radius 3 is 2.76 bits per heavy atom. The highest BCUT2D eigenvalue weighted by molar-refractivity contribution is 5.93. The fraction of sp³-hybridized carbons (Fsp3) is 0.647. The zero-order chi connectivity index (χ0) is 15.2. The second-order valence-electron chi connectivity index (χ2n) is 5.63. The third-order valence-corrected chi connectivity index (χ3v) is 4.44. The summed E-state index contributed by atoms with van der Waals surface area (Å²) in [7, 11) is 0. The highest BCUT2D eigenvalue weighted by Crippen LogP contribution is 2.26. The molecule has 0 aromatic carbocycles. The molecule has 116 valence electrons. The van der Waals surface area contributed by atoms with Crippen LogP contribution in [0.4, 0.5) is 5.69 Å². The van der Waals surface area contributed by atoms with Crippen molar-refractivity contribution in [1.29, 1.82) is 0 Å². The fourth-order valence-corrected chi connectivity index (χ4v) is 3.15. The molecule has 1 unspecified atom stereocenters. The molecule has 4 heteroatoms. The average Bonchev–Trinajstić information content (AvgIpc) is 2.56. The molecule has 0 bridgehead atoms. The summed E-state index contributed by atoms with van der Waals surface area (Å²) in [6.45, 7) is 8.78. The molecule has 0 N–H and O–H groups in total. The second kappa shape index (κ2) is 7.43. The van der Waals surface area contributed by atoms with Gasteiger partial charge in [0.25, 0.3) is 5.91 Å². The fourth-order valence-electron chi connectivity index (χ4n) is 3.15. The van der Waals surface area contributed by atoms with E-state index >= 15 is 0 Å². The lowest BCUT2D eigenvalue weighted by atomic mass is 9.99. The second-order valence-corrected chi connectivity index (χ2v) is 5.63. The number of hydrogen-bond donors (Lipinski definition) is 0. The third kappa shape index (κ3) is 3.55. The van der Waals surface area contributed by atoms with Gasteiger partial charge in [-0.25, -0.2) is 0 Å². The molecule has 1 fully saturated rings. The van der Waals surface area contributed by atoms with Crippen molar-refractivity contribution in [3.8, 4) is 0 Å². The van der Waals surface area contributed by atoms with Gasteiger partial charge in [-0.05, 0) is 51.7 Å². The van der Waals surface area contributed by atoms with Gasteiger partial charge in [0.1, 0.15) is 5.69 Å². The first-order valence-electron chi connectivity index (χ1n) is 8.23. The topological polar surface area (TPSA) is 36.4 Å². The first-order chi connectivity index (χ1) is 10.2. The Bertz CT molecular complexity index is 471. The number of nitrogens with zero attached hydrogens (tertiary/aromatic N) is 3. The molecule has 0 radical (unpaired) electrons. The van der Waals surface area contributed by atoms with Gasteiger partial charge in [-0.3, -0.25) is 9.78 Å². The lowest BCUT2D eigenvalue weighted by Crippen LogP contribution is -2.39. The SMILES string of the molecule is CCC1CCCCN1c1ccnc(C(=O)N(CC)CC)c1. The zero-order valence-corrected chi connectivity index (χ0v) is 13.5. The van der Waals surface area contributed by atoms with Crippen molar-refractivity contribution in [2.24, 2.45) is 0 Å². The van der Waals surface area contributed by atoms with E-state index in [1.165, 1.54) is 19.3 Å². The normalized spacial score (nSPS) is 18.6. The van der Waals surface area contributed by atoms with Gasteiger partial charge in [0.15, 0.2) is 0 Å². The molecule has 2 rings (SSSR count). The van der Waals surface area contributed by atoms with Gasteiger partial charge in [-0.1, -0.05) is 6.92 Å². The molecule has 1 amide bonds. The van der Waals surface area contributed by atoms with Crippen LogP contribution >= 0.6 is 0 Å². The minimum atomic E-state index is 0.0342. The van der Waals surface area contributed by atoms with Crippen molar-refractivity contribution in [1.82, 2.24) is 9.88 Å². The van der Waals surface area contributed by atoms with Gasteiger partial charge in [0, 0.05) is 37.6 Å². The van der Waals surface area contributed by atoms with Gasteiger partial charge < -0.3 is 9.80 Å². The van der Waals surface area contributed by atoms with Crippen molar-refractivity contribution in [2.45, 2.75) is 52.5 Å². The van der Waals surface area contributed by atoms with Crippen molar-refractivity contribution in [2.75, 3.05) is 24.5 Å². The minimum absolute atomic E-state index is 0.0342. The number of pyridine rings is 1. The van der Waals surface area contributed by atoms with Gasteiger partial charge in [-0.2, -0.15) is 0 Å². The van der Waals surface area contributed by atoms with Gasteiger partial charge >= 0.3 is 0 Å². The van der Waals surface area contributed by atoms with Crippen LogP contribution in [-0.4, -0.2) is 41.5 Å². The summed E-state index contributed by atoms with van der Waals surface area (Å²) in [4.78, 5) is 21.0. The number of anilines is 1. The maximum atomic E-state index is 12.4. The van der Waals surface area contributed by atoms with Crippen LogP contribution in [-0.2, 0) is 0 Å². The van der Waals surface area contributed by atoms with Crippen molar-refractivity contribution >= 4 is 11.6 Å². The predicted octanol–water partition coefficient (Wildman–Crippen LogP) is 3.33. The maximum Gasteiger partial charge on any atom is 0.272 e. The summed E-state index contributed by atoms with van der Waals surface area (Å²) in [5.74, 6) is 0.0342. The molecule has 1 aromatic rings. The summed E-state index contributed by atoms with van der Waals surface area (Å²) < 4.78 is 0. The molecule has 1 aliphatic rings. The Balaban J connectivity index is 2.22. The van der Waals surface area contributed by atoms with E-state index in [0.717, 1.165) is 31.7 Å². The Morgan fingerprint density at radius 2 is 2.10 bits per heavy atom. The van der Waals surface area contributed by atoms with E-state index in [-0.39, 0.29) is 5.91 Å². The Morgan fingerprint density at radius 1 is 1.33 bits per heavy atom.